The van der Waals surface area contributed by atoms with Crippen LogP contribution in [0, 0.1) is 0 Å². The summed E-state index contributed by atoms with van der Waals surface area (Å²) in [4.78, 5) is 9.13. The van der Waals surface area contributed by atoms with Gasteiger partial charge in [-0.2, -0.15) is 0 Å². The Balaban J connectivity index is 1.16. The van der Waals surface area contributed by atoms with Gasteiger partial charge < -0.3 is 18.8 Å². The second kappa shape index (κ2) is 11.6. The fourth-order valence-corrected chi connectivity index (χ4v) is 4.48. The molecule has 182 valence electrons. The van der Waals surface area contributed by atoms with Gasteiger partial charge in [-0.1, -0.05) is 48.6 Å². The summed E-state index contributed by atoms with van der Waals surface area (Å²) in [6, 6.07) is 10.8. The van der Waals surface area contributed by atoms with Crippen LogP contribution < -0.4 is 0 Å². The first-order valence-electron chi connectivity index (χ1n) is 12.5. The number of hydrogen-bond acceptors (Lipinski definition) is 5. The van der Waals surface area contributed by atoms with Crippen LogP contribution in [-0.2, 0) is 27.2 Å². The summed E-state index contributed by atoms with van der Waals surface area (Å²) in [5, 5.41) is 0. The largest absolute Gasteiger partial charge is 0.374 e. The lowest BCUT2D eigenvalue weighted by Gasteiger charge is -2.23. The monoisotopic (exact) mass is 471 g/mol. The minimum absolute atomic E-state index is 0.113. The summed E-state index contributed by atoms with van der Waals surface area (Å²) < 4.78 is 19.4. The van der Waals surface area contributed by atoms with E-state index in [2.05, 4.69) is 76.0 Å². The van der Waals surface area contributed by atoms with E-state index >= 15 is 0 Å². The third-order valence-electron chi connectivity index (χ3n) is 6.34. The van der Waals surface area contributed by atoms with E-state index in [1.165, 1.54) is 16.7 Å². The molecule has 1 unspecified atom stereocenters. The van der Waals surface area contributed by atoms with E-state index < -0.39 is 0 Å². The van der Waals surface area contributed by atoms with E-state index in [1.807, 2.05) is 12.1 Å². The predicted octanol–water partition coefficient (Wildman–Crippen LogP) is 5.43. The number of benzene rings is 1. The number of hydrogen-bond donors (Lipinski definition) is 0. The van der Waals surface area contributed by atoms with Crippen LogP contribution in [-0.4, -0.2) is 46.7 Å². The van der Waals surface area contributed by atoms with Gasteiger partial charge in [-0.25, -0.2) is 9.97 Å². The van der Waals surface area contributed by atoms with E-state index in [9.17, 15) is 0 Å². The van der Waals surface area contributed by atoms with Gasteiger partial charge in [-0.05, 0) is 42.0 Å². The molecule has 1 atom stereocenters. The second-order valence-corrected chi connectivity index (χ2v) is 9.04. The third kappa shape index (κ3) is 6.34. The Morgan fingerprint density at radius 1 is 1.09 bits per heavy atom. The maximum Gasteiger partial charge on any atom is 0.159 e. The highest BCUT2D eigenvalue weighted by Crippen LogP contribution is 2.24. The Labute approximate surface area is 207 Å². The molecule has 6 heteroatoms. The van der Waals surface area contributed by atoms with Gasteiger partial charge in [0.15, 0.2) is 6.29 Å². The van der Waals surface area contributed by atoms with Gasteiger partial charge in [0.25, 0.3) is 0 Å². The average molecular weight is 472 g/mol. The zero-order chi connectivity index (χ0) is 23.9. The lowest BCUT2D eigenvalue weighted by molar-refractivity contribution is -0.187. The number of imidazole rings is 1. The Morgan fingerprint density at radius 3 is 2.74 bits per heavy atom. The van der Waals surface area contributed by atoms with Crippen LogP contribution >= 0.6 is 0 Å². The maximum absolute atomic E-state index is 6.08. The Kier molecular flexibility index (Phi) is 7.83. The molecule has 1 saturated heterocycles. The van der Waals surface area contributed by atoms with Crippen molar-refractivity contribution in [3.05, 3.63) is 90.6 Å². The molecule has 1 aromatic carbocycles. The molecule has 3 heterocycles. The van der Waals surface area contributed by atoms with Crippen LogP contribution in [0.15, 0.2) is 73.6 Å². The molecule has 4 aliphatic rings. The average Bonchev–Trinajstić information content (AvgIpc) is 3.13. The lowest BCUT2D eigenvalue weighted by Crippen LogP contribution is -2.26. The van der Waals surface area contributed by atoms with E-state index in [0.717, 1.165) is 62.7 Å². The molecule has 0 amide bonds. The van der Waals surface area contributed by atoms with Crippen molar-refractivity contribution in [3.8, 4) is 11.4 Å². The summed E-state index contributed by atoms with van der Waals surface area (Å²) in [5.41, 5.74) is 5.57. The summed E-state index contributed by atoms with van der Waals surface area (Å²) in [6.07, 6.45) is 17.1. The van der Waals surface area contributed by atoms with E-state index in [4.69, 9.17) is 14.2 Å². The van der Waals surface area contributed by atoms with Gasteiger partial charge in [0, 0.05) is 31.8 Å². The summed E-state index contributed by atoms with van der Waals surface area (Å²) in [7, 11) is 0. The van der Waals surface area contributed by atoms with Crippen molar-refractivity contribution in [1.29, 1.82) is 0 Å². The molecular weight excluding hydrogens is 438 g/mol. The van der Waals surface area contributed by atoms with Crippen LogP contribution in [0.2, 0.25) is 0 Å². The Hall–Kier alpha value is -3.06. The van der Waals surface area contributed by atoms with E-state index in [-0.39, 0.29) is 12.4 Å². The molecule has 0 N–H and O–H groups in total. The molecule has 35 heavy (non-hydrogen) atoms. The topological polar surface area (TPSA) is 58.4 Å². The minimum atomic E-state index is -0.113. The van der Waals surface area contributed by atoms with Crippen LogP contribution in [0.25, 0.3) is 17.0 Å². The van der Waals surface area contributed by atoms with E-state index in [1.54, 1.807) is 0 Å². The number of aromatic nitrogens is 3. The Bertz CT molecular complexity index is 1140. The molecule has 0 bridgehead atoms. The highest BCUT2D eigenvalue weighted by atomic mass is 16.7. The van der Waals surface area contributed by atoms with Crippen molar-refractivity contribution in [1.82, 2.24) is 14.5 Å². The fraction of sp³-hybridized carbons (Fsp3) is 0.379. The van der Waals surface area contributed by atoms with Gasteiger partial charge in [-0.15, -0.1) is 6.58 Å². The molecule has 1 fully saturated rings. The predicted molar refractivity (Wildman–Crippen MR) is 137 cm³/mol. The summed E-state index contributed by atoms with van der Waals surface area (Å²) >= 11 is 0. The number of ether oxygens (including phenoxy) is 3. The molecule has 0 spiro atoms. The molecular formula is C29H33N3O3. The maximum atomic E-state index is 6.08. The number of pyridine rings is 1. The number of allylic oxidation sites excluding steroid dienone is 4. The summed E-state index contributed by atoms with van der Waals surface area (Å²) in [6.45, 7) is 6.78. The first-order chi connectivity index (χ1) is 17.3. The molecule has 1 aromatic rings. The standard InChI is InChI=1S/C29H33N3O3/c1-2-5-28-30-26-14-16-32(21-27(26)31-28)20-22-8-10-24(11-9-22)23-6-3-7-25(13-12-23)33-19-15-29-34-17-4-18-35-29/h2,6,8-14,16,21,25,29H,1,3-5,7,15,17-20H2. The van der Waals surface area contributed by atoms with Gasteiger partial charge in [-0.3, -0.25) is 0 Å². The SMILES string of the molecule is C=CCc1nc2ccn(Cc3ccc(C4=CCCC(OCCC5OCCCO5)C=C4)cc3)cc-2n1. The van der Waals surface area contributed by atoms with Crippen molar-refractivity contribution < 1.29 is 14.2 Å². The number of rotatable bonds is 9. The first kappa shape index (κ1) is 23.7. The fourth-order valence-electron chi connectivity index (χ4n) is 4.48. The molecule has 0 radical (unpaired) electrons. The molecule has 1 aliphatic carbocycles. The number of fused-ring (bicyclic) bond motifs is 1. The Morgan fingerprint density at radius 2 is 1.91 bits per heavy atom. The zero-order valence-electron chi connectivity index (χ0n) is 20.1. The van der Waals surface area contributed by atoms with Gasteiger partial charge in [0.05, 0.1) is 31.6 Å². The van der Waals surface area contributed by atoms with Gasteiger partial charge in [0.1, 0.15) is 11.5 Å². The minimum Gasteiger partial charge on any atom is -0.374 e. The van der Waals surface area contributed by atoms with Crippen molar-refractivity contribution >= 4 is 5.57 Å². The lowest BCUT2D eigenvalue weighted by atomic mass is 10.0. The quantitative estimate of drug-likeness (QED) is 0.390. The molecule has 0 saturated carbocycles. The molecule has 6 nitrogen and oxygen atoms in total. The molecule has 0 aromatic heterocycles. The van der Waals surface area contributed by atoms with Gasteiger partial charge >= 0.3 is 0 Å². The zero-order valence-corrected chi connectivity index (χ0v) is 20.1. The van der Waals surface area contributed by atoms with Crippen molar-refractivity contribution in [2.45, 2.75) is 51.0 Å². The summed E-state index contributed by atoms with van der Waals surface area (Å²) in [5.74, 6) is 0.821. The molecule has 5 rings (SSSR count). The van der Waals surface area contributed by atoms with Crippen molar-refractivity contribution in [2.75, 3.05) is 19.8 Å². The van der Waals surface area contributed by atoms with Crippen LogP contribution in [0.4, 0.5) is 0 Å². The van der Waals surface area contributed by atoms with Crippen LogP contribution in [0.3, 0.4) is 0 Å². The van der Waals surface area contributed by atoms with Crippen molar-refractivity contribution in [2.24, 2.45) is 0 Å². The van der Waals surface area contributed by atoms with E-state index in [0.29, 0.717) is 13.0 Å². The smallest absolute Gasteiger partial charge is 0.159 e. The third-order valence-corrected chi connectivity index (χ3v) is 6.34. The van der Waals surface area contributed by atoms with Crippen LogP contribution in [0.1, 0.15) is 42.6 Å². The van der Waals surface area contributed by atoms with Crippen molar-refractivity contribution in [3.63, 3.8) is 0 Å². The highest BCUT2D eigenvalue weighted by Gasteiger charge is 2.16. The highest BCUT2D eigenvalue weighted by molar-refractivity contribution is 5.74. The van der Waals surface area contributed by atoms with Crippen LogP contribution in [0.5, 0.6) is 0 Å². The van der Waals surface area contributed by atoms with Gasteiger partial charge in [0.2, 0.25) is 0 Å². The molecule has 3 aliphatic heterocycles. The first-order valence-corrected chi connectivity index (χ1v) is 12.5. The second-order valence-electron chi connectivity index (χ2n) is 9.04. The number of nitrogens with zero attached hydrogens (tertiary/aromatic N) is 3. The normalized spacial score (nSPS) is 19.0.